The fourth-order valence-electron chi connectivity index (χ4n) is 2.06. The molecule has 3 nitrogen and oxygen atoms in total. The first-order valence-corrected chi connectivity index (χ1v) is 6.78. The fourth-order valence-corrected chi connectivity index (χ4v) is 2.06. The summed E-state index contributed by atoms with van der Waals surface area (Å²) in [6, 6.07) is 10.1. The molecule has 0 spiro atoms. The lowest BCUT2D eigenvalue weighted by Crippen LogP contribution is -2.18. The van der Waals surface area contributed by atoms with Crippen molar-refractivity contribution in [2.24, 2.45) is 11.1 Å². The lowest BCUT2D eigenvalue weighted by molar-refractivity contribution is 0.347. The maximum Gasteiger partial charge on any atom is 0.0948 e. The molecule has 2 N–H and O–H groups in total. The maximum absolute atomic E-state index is 6.34. The minimum atomic E-state index is -0.108. The molecular formula is C16H23N3. The summed E-state index contributed by atoms with van der Waals surface area (Å²) in [5, 5.41) is 0. The van der Waals surface area contributed by atoms with E-state index < -0.39 is 0 Å². The summed E-state index contributed by atoms with van der Waals surface area (Å²) in [5.41, 5.74) is 8.86. The Morgan fingerprint density at radius 3 is 2.53 bits per heavy atom. The number of hydrogen-bond acceptors (Lipinski definition) is 2. The first-order valence-electron chi connectivity index (χ1n) is 6.78. The molecule has 0 aliphatic carbocycles. The topological polar surface area (TPSA) is 43.8 Å². The van der Waals surface area contributed by atoms with Crippen LogP contribution in [0.4, 0.5) is 0 Å². The van der Waals surface area contributed by atoms with Crippen molar-refractivity contribution in [3.63, 3.8) is 0 Å². The highest BCUT2D eigenvalue weighted by Gasteiger charge is 2.15. The van der Waals surface area contributed by atoms with Gasteiger partial charge in [-0.05, 0) is 17.4 Å². The highest BCUT2D eigenvalue weighted by Crippen LogP contribution is 2.23. The predicted octanol–water partition coefficient (Wildman–Crippen LogP) is 3.37. The van der Waals surface area contributed by atoms with Gasteiger partial charge in [0, 0.05) is 6.54 Å². The van der Waals surface area contributed by atoms with E-state index in [0.717, 1.165) is 24.2 Å². The van der Waals surface area contributed by atoms with Crippen molar-refractivity contribution in [3.05, 3.63) is 54.1 Å². The standard InChI is InChI=1S/C16H23N3/c1-16(2,3)9-10-19-12-18-11-14(19)15(17)13-7-5-4-6-8-13/h4-8,11-12,15H,9-10,17H2,1-3H3. The van der Waals surface area contributed by atoms with Crippen LogP contribution in [0.3, 0.4) is 0 Å². The maximum atomic E-state index is 6.34. The third kappa shape index (κ3) is 3.67. The summed E-state index contributed by atoms with van der Waals surface area (Å²) in [6.07, 6.45) is 4.86. The molecule has 1 aromatic carbocycles. The first kappa shape index (κ1) is 13.8. The van der Waals surface area contributed by atoms with Crippen LogP contribution in [-0.4, -0.2) is 9.55 Å². The van der Waals surface area contributed by atoms with E-state index >= 15 is 0 Å². The molecule has 0 radical (unpaired) electrons. The molecule has 0 fully saturated rings. The quantitative estimate of drug-likeness (QED) is 0.912. The molecule has 1 atom stereocenters. The van der Waals surface area contributed by atoms with Crippen LogP contribution in [0.15, 0.2) is 42.9 Å². The predicted molar refractivity (Wildman–Crippen MR) is 78.8 cm³/mol. The van der Waals surface area contributed by atoms with Gasteiger partial charge in [-0.1, -0.05) is 51.1 Å². The molecule has 2 aromatic rings. The van der Waals surface area contributed by atoms with Gasteiger partial charge in [-0.3, -0.25) is 0 Å². The van der Waals surface area contributed by atoms with Crippen molar-refractivity contribution in [3.8, 4) is 0 Å². The van der Waals surface area contributed by atoms with Crippen LogP contribution in [0, 0.1) is 5.41 Å². The summed E-state index contributed by atoms with van der Waals surface area (Å²) in [6.45, 7) is 7.71. The minimum absolute atomic E-state index is 0.108. The molecule has 1 unspecified atom stereocenters. The Balaban J connectivity index is 2.15. The van der Waals surface area contributed by atoms with Gasteiger partial charge in [-0.2, -0.15) is 0 Å². The molecule has 0 saturated carbocycles. The second-order valence-corrected chi connectivity index (χ2v) is 6.21. The van der Waals surface area contributed by atoms with E-state index in [0.29, 0.717) is 5.41 Å². The molecular weight excluding hydrogens is 234 g/mol. The second-order valence-electron chi connectivity index (χ2n) is 6.21. The van der Waals surface area contributed by atoms with Crippen LogP contribution in [0.5, 0.6) is 0 Å². The van der Waals surface area contributed by atoms with E-state index in [1.54, 1.807) is 0 Å². The van der Waals surface area contributed by atoms with E-state index in [1.165, 1.54) is 0 Å². The Labute approximate surface area is 115 Å². The fraction of sp³-hybridized carbons (Fsp3) is 0.438. The molecule has 3 heteroatoms. The van der Waals surface area contributed by atoms with E-state index in [9.17, 15) is 0 Å². The van der Waals surface area contributed by atoms with Crippen molar-refractivity contribution in [2.75, 3.05) is 0 Å². The third-order valence-corrected chi connectivity index (χ3v) is 3.32. The van der Waals surface area contributed by atoms with Gasteiger partial charge in [0.25, 0.3) is 0 Å². The number of imidazole rings is 1. The summed E-state index contributed by atoms with van der Waals surface area (Å²) in [7, 11) is 0. The summed E-state index contributed by atoms with van der Waals surface area (Å²) in [4.78, 5) is 4.25. The first-order chi connectivity index (χ1) is 8.97. The van der Waals surface area contributed by atoms with Gasteiger partial charge >= 0.3 is 0 Å². The number of nitrogens with zero attached hydrogens (tertiary/aromatic N) is 2. The SMILES string of the molecule is CC(C)(C)CCn1cncc1C(N)c1ccccc1. The smallest absolute Gasteiger partial charge is 0.0948 e. The Bertz CT molecular complexity index is 508. The minimum Gasteiger partial charge on any atom is -0.333 e. The number of benzene rings is 1. The average Bonchev–Trinajstić information content (AvgIpc) is 2.84. The third-order valence-electron chi connectivity index (χ3n) is 3.32. The number of rotatable bonds is 4. The van der Waals surface area contributed by atoms with Gasteiger partial charge in [0.05, 0.1) is 24.3 Å². The average molecular weight is 257 g/mol. The van der Waals surface area contributed by atoms with Crippen molar-refractivity contribution in [2.45, 2.75) is 39.8 Å². The van der Waals surface area contributed by atoms with Crippen LogP contribution in [0.1, 0.15) is 44.5 Å². The summed E-state index contributed by atoms with van der Waals surface area (Å²) < 4.78 is 2.17. The molecule has 0 saturated heterocycles. The normalized spacial score (nSPS) is 13.5. The molecule has 102 valence electrons. The monoisotopic (exact) mass is 257 g/mol. The van der Waals surface area contributed by atoms with Gasteiger partial charge in [-0.15, -0.1) is 0 Å². The molecule has 19 heavy (non-hydrogen) atoms. The Morgan fingerprint density at radius 2 is 1.89 bits per heavy atom. The molecule has 0 aliphatic rings. The highest BCUT2D eigenvalue weighted by atomic mass is 15.1. The number of aromatic nitrogens is 2. The zero-order valence-electron chi connectivity index (χ0n) is 12.0. The van der Waals surface area contributed by atoms with Crippen LogP contribution in [0.25, 0.3) is 0 Å². The lowest BCUT2D eigenvalue weighted by atomic mass is 9.92. The van der Waals surface area contributed by atoms with Crippen molar-refractivity contribution in [1.82, 2.24) is 9.55 Å². The Kier molecular flexibility index (Phi) is 4.05. The Hall–Kier alpha value is -1.61. The molecule has 1 heterocycles. The van der Waals surface area contributed by atoms with Crippen LogP contribution < -0.4 is 5.73 Å². The van der Waals surface area contributed by atoms with Crippen LogP contribution >= 0.6 is 0 Å². The highest BCUT2D eigenvalue weighted by molar-refractivity contribution is 5.26. The summed E-state index contributed by atoms with van der Waals surface area (Å²) >= 11 is 0. The Morgan fingerprint density at radius 1 is 1.21 bits per heavy atom. The molecule has 1 aromatic heterocycles. The molecule has 0 bridgehead atoms. The molecule has 0 amide bonds. The van der Waals surface area contributed by atoms with Gasteiger partial charge in [0.15, 0.2) is 0 Å². The molecule has 0 aliphatic heterocycles. The van der Waals surface area contributed by atoms with Gasteiger partial charge in [0.2, 0.25) is 0 Å². The number of hydrogen-bond donors (Lipinski definition) is 1. The van der Waals surface area contributed by atoms with Gasteiger partial charge in [0.1, 0.15) is 0 Å². The van der Waals surface area contributed by atoms with Crippen molar-refractivity contribution < 1.29 is 0 Å². The zero-order chi connectivity index (χ0) is 13.9. The zero-order valence-corrected chi connectivity index (χ0v) is 12.0. The van der Waals surface area contributed by atoms with E-state index in [-0.39, 0.29) is 6.04 Å². The van der Waals surface area contributed by atoms with E-state index in [2.05, 4.69) is 42.5 Å². The van der Waals surface area contributed by atoms with E-state index in [1.807, 2.05) is 30.7 Å². The van der Waals surface area contributed by atoms with Crippen LogP contribution in [0.2, 0.25) is 0 Å². The van der Waals surface area contributed by atoms with Crippen LogP contribution in [-0.2, 0) is 6.54 Å². The van der Waals surface area contributed by atoms with E-state index in [4.69, 9.17) is 5.73 Å². The van der Waals surface area contributed by atoms with Gasteiger partial charge < -0.3 is 10.3 Å². The van der Waals surface area contributed by atoms with Crippen molar-refractivity contribution in [1.29, 1.82) is 0 Å². The lowest BCUT2D eigenvalue weighted by Gasteiger charge is -2.20. The number of aryl methyl sites for hydroxylation is 1. The largest absolute Gasteiger partial charge is 0.333 e. The second kappa shape index (κ2) is 5.57. The van der Waals surface area contributed by atoms with Gasteiger partial charge in [-0.25, -0.2) is 4.98 Å². The molecule has 2 rings (SSSR count). The number of nitrogens with two attached hydrogens (primary N) is 1. The van der Waals surface area contributed by atoms with Crippen molar-refractivity contribution >= 4 is 0 Å². The summed E-state index contributed by atoms with van der Waals surface area (Å²) in [5.74, 6) is 0.